The minimum Gasteiger partial charge on any atom is -0.497 e. The highest BCUT2D eigenvalue weighted by Gasteiger charge is 2.22. The van der Waals surface area contributed by atoms with Gasteiger partial charge >= 0.3 is 5.97 Å². The molecule has 1 amide bonds. The van der Waals surface area contributed by atoms with Gasteiger partial charge in [0.05, 0.1) is 14.2 Å². The zero-order valence-electron chi connectivity index (χ0n) is 13.5. The van der Waals surface area contributed by atoms with Crippen LogP contribution in [0.5, 0.6) is 11.5 Å². The molecule has 1 atom stereocenters. The van der Waals surface area contributed by atoms with E-state index in [0.717, 1.165) is 0 Å². The van der Waals surface area contributed by atoms with E-state index in [1.807, 2.05) is 0 Å². The number of amides is 1. The van der Waals surface area contributed by atoms with Crippen LogP contribution in [-0.4, -0.2) is 37.2 Å². The number of carbonyl (C=O) groups is 2. The first kappa shape index (κ1) is 17.3. The van der Waals surface area contributed by atoms with Crippen molar-refractivity contribution in [1.82, 2.24) is 5.32 Å². The molecule has 126 valence electrons. The van der Waals surface area contributed by atoms with Crippen LogP contribution in [0.4, 0.5) is 0 Å². The zero-order chi connectivity index (χ0) is 17.5. The molecule has 0 aromatic heterocycles. The molecule has 2 aromatic rings. The van der Waals surface area contributed by atoms with Gasteiger partial charge in [-0.1, -0.05) is 24.3 Å². The van der Waals surface area contributed by atoms with Crippen LogP contribution in [0, 0.1) is 0 Å². The summed E-state index contributed by atoms with van der Waals surface area (Å²) in [5.41, 5.74) is 1.07. The Labute approximate surface area is 140 Å². The monoisotopic (exact) mass is 329 g/mol. The standard InChI is InChI=1S/C18H19NO5/c1-23-14-9-8-13(16(11-14)24-2)10-15(18(21)22)19-17(20)12-6-4-3-5-7-12/h3-9,11,15H,10H2,1-2H3,(H,19,20)(H,21,22)/t15-/m1/s1. The molecule has 0 aliphatic rings. The van der Waals surface area contributed by atoms with Crippen molar-refractivity contribution in [3.8, 4) is 11.5 Å². The molecule has 2 aromatic carbocycles. The van der Waals surface area contributed by atoms with Crippen LogP contribution in [0.1, 0.15) is 15.9 Å². The van der Waals surface area contributed by atoms with Crippen molar-refractivity contribution < 1.29 is 24.2 Å². The number of carboxylic acid groups (broad SMARTS) is 1. The Morgan fingerprint density at radius 1 is 1.08 bits per heavy atom. The Balaban J connectivity index is 2.17. The minimum absolute atomic E-state index is 0.0983. The van der Waals surface area contributed by atoms with Crippen molar-refractivity contribution in [2.75, 3.05) is 14.2 Å². The molecular formula is C18H19NO5. The Morgan fingerprint density at radius 3 is 2.38 bits per heavy atom. The van der Waals surface area contributed by atoms with Crippen LogP contribution in [0.25, 0.3) is 0 Å². The van der Waals surface area contributed by atoms with Crippen molar-refractivity contribution in [1.29, 1.82) is 0 Å². The van der Waals surface area contributed by atoms with Gasteiger partial charge < -0.3 is 19.9 Å². The summed E-state index contributed by atoms with van der Waals surface area (Å²) in [7, 11) is 3.03. The highest BCUT2D eigenvalue weighted by atomic mass is 16.5. The second-order valence-corrected chi connectivity index (χ2v) is 5.11. The predicted molar refractivity (Wildman–Crippen MR) is 88.6 cm³/mol. The summed E-state index contributed by atoms with van der Waals surface area (Å²) < 4.78 is 10.4. The lowest BCUT2D eigenvalue weighted by molar-refractivity contribution is -0.139. The van der Waals surface area contributed by atoms with Gasteiger partial charge in [-0.05, 0) is 23.8 Å². The third-order valence-corrected chi connectivity index (χ3v) is 3.56. The van der Waals surface area contributed by atoms with Crippen LogP contribution in [0.15, 0.2) is 48.5 Å². The van der Waals surface area contributed by atoms with E-state index in [1.54, 1.807) is 48.5 Å². The smallest absolute Gasteiger partial charge is 0.326 e. The molecule has 0 aliphatic heterocycles. The summed E-state index contributed by atoms with van der Waals surface area (Å²) in [6.07, 6.45) is 0.0983. The topological polar surface area (TPSA) is 84.9 Å². The van der Waals surface area contributed by atoms with Crippen molar-refractivity contribution in [3.05, 3.63) is 59.7 Å². The van der Waals surface area contributed by atoms with Gasteiger partial charge in [0.25, 0.3) is 5.91 Å². The fourth-order valence-electron chi connectivity index (χ4n) is 2.27. The van der Waals surface area contributed by atoms with Crippen LogP contribution in [-0.2, 0) is 11.2 Å². The molecule has 6 nitrogen and oxygen atoms in total. The molecule has 2 rings (SSSR count). The summed E-state index contributed by atoms with van der Waals surface area (Å²) in [6.45, 7) is 0. The third kappa shape index (κ3) is 4.25. The largest absolute Gasteiger partial charge is 0.497 e. The average Bonchev–Trinajstić information content (AvgIpc) is 2.61. The van der Waals surface area contributed by atoms with Crippen LogP contribution in [0.2, 0.25) is 0 Å². The van der Waals surface area contributed by atoms with E-state index in [2.05, 4.69) is 5.32 Å². The molecule has 2 N–H and O–H groups in total. The van der Waals surface area contributed by atoms with Gasteiger partial charge in [-0.2, -0.15) is 0 Å². The SMILES string of the molecule is COc1ccc(C[C@@H](NC(=O)c2ccccc2)C(=O)O)c(OC)c1. The Morgan fingerprint density at radius 2 is 1.79 bits per heavy atom. The highest BCUT2D eigenvalue weighted by molar-refractivity contribution is 5.96. The van der Waals surface area contributed by atoms with E-state index in [-0.39, 0.29) is 6.42 Å². The van der Waals surface area contributed by atoms with Gasteiger partial charge in [0.2, 0.25) is 0 Å². The third-order valence-electron chi connectivity index (χ3n) is 3.56. The van der Waals surface area contributed by atoms with Crippen molar-refractivity contribution >= 4 is 11.9 Å². The normalized spacial score (nSPS) is 11.4. The highest BCUT2D eigenvalue weighted by Crippen LogP contribution is 2.25. The average molecular weight is 329 g/mol. The van der Waals surface area contributed by atoms with Crippen LogP contribution >= 0.6 is 0 Å². The van der Waals surface area contributed by atoms with Gasteiger partial charge in [-0.3, -0.25) is 4.79 Å². The Kier molecular flexibility index (Phi) is 5.78. The van der Waals surface area contributed by atoms with E-state index in [1.165, 1.54) is 14.2 Å². The van der Waals surface area contributed by atoms with Crippen molar-refractivity contribution in [2.45, 2.75) is 12.5 Å². The van der Waals surface area contributed by atoms with E-state index < -0.39 is 17.9 Å². The molecule has 0 spiro atoms. The fraction of sp³-hybridized carbons (Fsp3) is 0.222. The molecule has 0 bridgehead atoms. The Bertz CT molecular complexity index is 715. The van der Waals surface area contributed by atoms with Crippen LogP contribution < -0.4 is 14.8 Å². The van der Waals surface area contributed by atoms with E-state index in [0.29, 0.717) is 22.6 Å². The molecule has 0 saturated carbocycles. The number of carbonyl (C=O) groups excluding carboxylic acids is 1. The first-order chi connectivity index (χ1) is 11.5. The number of hydrogen-bond donors (Lipinski definition) is 2. The molecule has 24 heavy (non-hydrogen) atoms. The molecule has 0 saturated heterocycles. The Hall–Kier alpha value is -3.02. The predicted octanol–water partition coefficient (Wildman–Crippen LogP) is 2.13. The van der Waals surface area contributed by atoms with E-state index >= 15 is 0 Å². The number of ether oxygens (including phenoxy) is 2. The van der Waals surface area contributed by atoms with Gasteiger partial charge in [0, 0.05) is 18.1 Å². The number of hydrogen-bond acceptors (Lipinski definition) is 4. The molecule has 0 fully saturated rings. The van der Waals surface area contributed by atoms with Crippen molar-refractivity contribution in [3.63, 3.8) is 0 Å². The number of aliphatic carboxylic acids is 1. The number of rotatable bonds is 7. The fourth-order valence-corrected chi connectivity index (χ4v) is 2.27. The quantitative estimate of drug-likeness (QED) is 0.813. The first-order valence-electron chi connectivity index (χ1n) is 7.34. The van der Waals surface area contributed by atoms with Crippen LogP contribution in [0.3, 0.4) is 0 Å². The second kappa shape index (κ2) is 8.01. The molecule has 0 unspecified atom stereocenters. The van der Waals surface area contributed by atoms with Gasteiger partial charge in [-0.25, -0.2) is 4.79 Å². The molecule has 0 radical (unpaired) electrons. The van der Waals surface area contributed by atoms with Gasteiger partial charge in [-0.15, -0.1) is 0 Å². The lowest BCUT2D eigenvalue weighted by Gasteiger charge is -2.17. The van der Waals surface area contributed by atoms with E-state index in [9.17, 15) is 14.7 Å². The lowest BCUT2D eigenvalue weighted by atomic mass is 10.0. The van der Waals surface area contributed by atoms with Gasteiger partial charge in [0.1, 0.15) is 17.5 Å². The summed E-state index contributed by atoms with van der Waals surface area (Å²) in [5, 5.41) is 12.0. The maximum Gasteiger partial charge on any atom is 0.326 e. The number of methoxy groups -OCH3 is 2. The number of nitrogens with one attached hydrogen (secondary N) is 1. The summed E-state index contributed by atoms with van der Waals surface area (Å²) >= 11 is 0. The first-order valence-corrected chi connectivity index (χ1v) is 7.34. The van der Waals surface area contributed by atoms with E-state index in [4.69, 9.17) is 9.47 Å². The number of carboxylic acids is 1. The van der Waals surface area contributed by atoms with Gasteiger partial charge in [0.15, 0.2) is 0 Å². The maximum absolute atomic E-state index is 12.2. The maximum atomic E-state index is 12.2. The lowest BCUT2D eigenvalue weighted by Crippen LogP contribution is -2.42. The molecule has 0 heterocycles. The zero-order valence-corrected chi connectivity index (χ0v) is 13.5. The summed E-state index contributed by atoms with van der Waals surface area (Å²) in [4.78, 5) is 23.7. The number of benzene rings is 2. The molecule has 6 heteroatoms. The van der Waals surface area contributed by atoms with Crippen molar-refractivity contribution in [2.24, 2.45) is 0 Å². The minimum atomic E-state index is -1.11. The second-order valence-electron chi connectivity index (χ2n) is 5.11. The summed E-state index contributed by atoms with van der Waals surface area (Å²) in [6, 6.07) is 12.5. The molecule has 0 aliphatic carbocycles. The summed E-state index contributed by atoms with van der Waals surface area (Å²) in [5.74, 6) is -0.432. The molecular weight excluding hydrogens is 310 g/mol.